The Bertz CT molecular complexity index is 1780. The molecular formula is C26H25FN8O2S. The summed E-state index contributed by atoms with van der Waals surface area (Å²) < 4.78 is 45.6. The monoisotopic (exact) mass is 532 g/mol. The molecule has 38 heavy (non-hydrogen) atoms. The van der Waals surface area contributed by atoms with Gasteiger partial charge in [-0.3, -0.25) is 4.68 Å². The van der Waals surface area contributed by atoms with E-state index in [1.165, 1.54) is 23.1 Å². The summed E-state index contributed by atoms with van der Waals surface area (Å²) in [5.41, 5.74) is 3.53. The first kappa shape index (κ1) is 23.2. The van der Waals surface area contributed by atoms with E-state index in [1.807, 2.05) is 16.9 Å². The lowest BCUT2D eigenvalue weighted by Gasteiger charge is -2.24. The molecule has 0 N–H and O–H groups in total. The summed E-state index contributed by atoms with van der Waals surface area (Å²) in [6, 6.07) is 12.4. The van der Waals surface area contributed by atoms with Gasteiger partial charge in [-0.05, 0) is 72.4 Å². The van der Waals surface area contributed by atoms with Crippen molar-refractivity contribution in [2.75, 3.05) is 13.1 Å². The van der Waals surface area contributed by atoms with E-state index in [-0.39, 0.29) is 28.1 Å². The van der Waals surface area contributed by atoms with Crippen molar-refractivity contribution in [2.24, 2.45) is 18.9 Å². The van der Waals surface area contributed by atoms with Crippen molar-refractivity contribution in [3.8, 4) is 5.69 Å². The van der Waals surface area contributed by atoms with Crippen molar-refractivity contribution >= 4 is 20.9 Å². The normalized spacial score (nSPS) is 23.2. The fourth-order valence-corrected chi connectivity index (χ4v) is 7.73. The highest BCUT2D eigenvalue weighted by molar-refractivity contribution is 7.89. The quantitative estimate of drug-likeness (QED) is 0.333. The van der Waals surface area contributed by atoms with Crippen molar-refractivity contribution in [1.82, 2.24) is 38.9 Å². The van der Waals surface area contributed by atoms with Gasteiger partial charge in [0, 0.05) is 49.9 Å². The Labute approximate surface area is 218 Å². The number of fused-ring (bicyclic) bond motifs is 2. The molecule has 7 rings (SSSR count). The van der Waals surface area contributed by atoms with E-state index < -0.39 is 10.0 Å². The van der Waals surface area contributed by atoms with E-state index >= 15 is 0 Å². The minimum absolute atomic E-state index is 0.0344. The van der Waals surface area contributed by atoms with Crippen molar-refractivity contribution < 1.29 is 12.8 Å². The second-order valence-corrected chi connectivity index (χ2v) is 12.1. The fraction of sp³-hybridized carbons (Fsp3) is 0.308. The van der Waals surface area contributed by atoms with Crippen LogP contribution in [0.5, 0.6) is 0 Å². The second-order valence-electron chi connectivity index (χ2n) is 10.2. The molecular weight excluding hydrogens is 507 g/mol. The van der Waals surface area contributed by atoms with E-state index in [9.17, 15) is 12.8 Å². The summed E-state index contributed by atoms with van der Waals surface area (Å²) in [6.45, 7) is 3.55. The third-order valence-electron chi connectivity index (χ3n) is 8.15. The first-order valence-corrected chi connectivity index (χ1v) is 13.8. The number of aryl methyl sites for hydroxylation is 2. The lowest BCUT2D eigenvalue weighted by Crippen LogP contribution is -2.36. The largest absolute Gasteiger partial charge is 0.272 e. The number of benzene rings is 2. The number of aromatic nitrogens is 7. The van der Waals surface area contributed by atoms with Crippen LogP contribution in [0.1, 0.15) is 11.1 Å². The Hall–Kier alpha value is -3.90. The molecule has 0 amide bonds. The van der Waals surface area contributed by atoms with Crippen LogP contribution < -0.4 is 0 Å². The number of hydrogen-bond acceptors (Lipinski definition) is 6. The molecule has 1 saturated carbocycles. The third-order valence-corrected chi connectivity index (χ3v) is 9.82. The van der Waals surface area contributed by atoms with Crippen LogP contribution in [-0.2, 0) is 29.0 Å². The highest BCUT2D eigenvalue weighted by Gasteiger charge is 2.71. The van der Waals surface area contributed by atoms with Gasteiger partial charge in [0.05, 0.1) is 23.6 Å². The van der Waals surface area contributed by atoms with Gasteiger partial charge in [-0.1, -0.05) is 0 Å². The van der Waals surface area contributed by atoms with Gasteiger partial charge in [-0.25, -0.2) is 17.5 Å². The predicted molar refractivity (Wildman–Crippen MR) is 136 cm³/mol. The molecule has 1 aliphatic carbocycles. The van der Waals surface area contributed by atoms with Gasteiger partial charge in [0.1, 0.15) is 5.82 Å². The van der Waals surface area contributed by atoms with Gasteiger partial charge >= 0.3 is 0 Å². The van der Waals surface area contributed by atoms with Crippen LogP contribution in [0.3, 0.4) is 0 Å². The van der Waals surface area contributed by atoms with Crippen LogP contribution in [0.25, 0.3) is 16.6 Å². The zero-order valence-corrected chi connectivity index (χ0v) is 21.6. The maximum atomic E-state index is 13.5. The zero-order valence-electron chi connectivity index (χ0n) is 20.8. The predicted octanol–water partition coefficient (Wildman–Crippen LogP) is 2.69. The first-order chi connectivity index (χ1) is 18.3. The van der Waals surface area contributed by atoms with Crippen LogP contribution in [-0.4, -0.2) is 60.4 Å². The van der Waals surface area contributed by atoms with Gasteiger partial charge in [0.15, 0.2) is 0 Å². The Balaban J connectivity index is 1.30. The van der Waals surface area contributed by atoms with E-state index in [4.69, 9.17) is 0 Å². The molecule has 2 aliphatic rings. The summed E-state index contributed by atoms with van der Waals surface area (Å²) in [5, 5.41) is 17.9. The average molecular weight is 533 g/mol. The first-order valence-electron chi connectivity index (χ1n) is 12.4. The van der Waals surface area contributed by atoms with E-state index in [0.29, 0.717) is 19.6 Å². The lowest BCUT2D eigenvalue weighted by atomic mass is 9.88. The summed E-state index contributed by atoms with van der Waals surface area (Å²) in [4.78, 5) is 1.26. The van der Waals surface area contributed by atoms with Crippen LogP contribution in [0.2, 0.25) is 0 Å². The molecule has 10 nitrogen and oxygen atoms in total. The standard InChI is InChI=1S/C26H25FN8O2S/c1-17-10-24-18(12-30-35(24)20-6-4-19(27)5-7-20)11-21(17)26-16-34(38(36,37)25-13-29-32(2)31-25)15-23(26)22(26)14-33-9-3-8-28-33/h3-13,22-23H,14-16H2,1-2H3/t22-,23-,26-/m1/s1. The summed E-state index contributed by atoms with van der Waals surface area (Å²) in [5.74, 6) is 0.0773. The SMILES string of the molecule is Cc1cc2c(cnn2-c2ccc(F)cc2)cc1[C@@]12CN(S(=O)(=O)c3cnn(C)n3)C[C@@H]1[C@H]2Cn1cccn1. The highest BCUT2D eigenvalue weighted by atomic mass is 32.2. The molecule has 12 heteroatoms. The van der Waals surface area contributed by atoms with Crippen LogP contribution in [0, 0.1) is 24.6 Å². The minimum Gasteiger partial charge on any atom is -0.272 e. The summed E-state index contributed by atoms with van der Waals surface area (Å²) in [6.07, 6.45) is 6.81. The van der Waals surface area contributed by atoms with Crippen molar-refractivity contribution in [1.29, 1.82) is 0 Å². The number of hydrogen-bond donors (Lipinski definition) is 0. The molecule has 5 aromatic rings. The van der Waals surface area contributed by atoms with Crippen molar-refractivity contribution in [3.63, 3.8) is 0 Å². The van der Waals surface area contributed by atoms with Gasteiger partial charge in [0.25, 0.3) is 10.0 Å². The molecule has 0 bridgehead atoms. The number of rotatable bonds is 6. The van der Waals surface area contributed by atoms with Crippen molar-refractivity contribution in [2.45, 2.75) is 23.9 Å². The zero-order chi connectivity index (χ0) is 26.2. The maximum absolute atomic E-state index is 13.5. The Morgan fingerprint density at radius 2 is 1.92 bits per heavy atom. The molecule has 1 saturated heterocycles. The Morgan fingerprint density at radius 1 is 1.11 bits per heavy atom. The van der Waals surface area contributed by atoms with Crippen LogP contribution in [0.15, 0.2) is 72.3 Å². The average Bonchev–Trinajstić information content (AvgIpc) is 3.54. The smallest absolute Gasteiger partial charge is 0.264 e. The van der Waals surface area contributed by atoms with Crippen LogP contribution >= 0.6 is 0 Å². The van der Waals surface area contributed by atoms with Gasteiger partial charge in [0.2, 0.25) is 5.03 Å². The van der Waals surface area contributed by atoms with E-state index in [2.05, 4.69) is 39.5 Å². The number of sulfonamides is 1. The van der Waals surface area contributed by atoms with E-state index in [0.717, 1.165) is 27.7 Å². The molecule has 0 unspecified atom stereocenters. The van der Waals surface area contributed by atoms with Crippen LogP contribution in [0.4, 0.5) is 4.39 Å². The summed E-state index contributed by atoms with van der Waals surface area (Å²) >= 11 is 0. The Kier molecular flexibility index (Phi) is 4.92. The molecule has 2 fully saturated rings. The van der Waals surface area contributed by atoms with Gasteiger partial charge in [-0.15, -0.1) is 5.10 Å². The molecule has 2 aromatic carbocycles. The summed E-state index contributed by atoms with van der Waals surface area (Å²) in [7, 11) is -2.17. The number of piperidine rings is 1. The second kappa shape index (κ2) is 8.05. The maximum Gasteiger partial charge on any atom is 0.264 e. The Morgan fingerprint density at radius 3 is 2.63 bits per heavy atom. The van der Waals surface area contributed by atoms with Gasteiger partial charge < -0.3 is 0 Å². The highest BCUT2D eigenvalue weighted by Crippen LogP contribution is 2.66. The molecule has 194 valence electrons. The molecule has 3 aromatic heterocycles. The minimum atomic E-state index is -3.77. The van der Waals surface area contributed by atoms with Crippen molar-refractivity contribution in [3.05, 3.63) is 84.2 Å². The van der Waals surface area contributed by atoms with E-state index in [1.54, 1.807) is 40.6 Å². The molecule has 1 aliphatic heterocycles. The number of nitrogens with zero attached hydrogens (tertiary/aromatic N) is 8. The molecule has 0 radical (unpaired) electrons. The molecule has 0 spiro atoms. The topological polar surface area (TPSA) is 104 Å². The van der Waals surface area contributed by atoms with Gasteiger partial charge in [-0.2, -0.15) is 24.4 Å². The lowest BCUT2D eigenvalue weighted by molar-refractivity contribution is 0.370. The molecule has 4 heterocycles. The fourth-order valence-electron chi connectivity index (χ4n) is 6.32. The third kappa shape index (κ3) is 3.36. The molecule has 3 atom stereocenters. The number of halogens is 1.